The van der Waals surface area contributed by atoms with Gasteiger partial charge in [0.15, 0.2) is 10.4 Å². The molecule has 7 heteroatoms. The van der Waals surface area contributed by atoms with Crippen molar-refractivity contribution in [2.24, 2.45) is 0 Å². The predicted octanol–water partition coefficient (Wildman–Crippen LogP) is 3.43. The molecule has 3 rings (SSSR count). The number of rotatable bonds is 2. The average molecular weight is 369 g/mol. The number of amides is 1. The highest BCUT2D eigenvalue weighted by atomic mass is 79.9. The van der Waals surface area contributed by atoms with Crippen molar-refractivity contribution in [1.29, 1.82) is 0 Å². The molecule has 0 spiro atoms. The first kappa shape index (κ1) is 14.7. The second-order valence-electron chi connectivity index (χ2n) is 5.39. The van der Waals surface area contributed by atoms with E-state index in [1.807, 2.05) is 22.5 Å². The Hall–Kier alpha value is -1.21. The van der Waals surface area contributed by atoms with Gasteiger partial charge in [-0.1, -0.05) is 0 Å². The Labute approximate surface area is 136 Å². The number of aromatic nitrogens is 3. The van der Waals surface area contributed by atoms with Crippen LogP contribution in [0.25, 0.3) is 11.2 Å². The van der Waals surface area contributed by atoms with Gasteiger partial charge >= 0.3 is 0 Å². The van der Waals surface area contributed by atoms with E-state index in [-0.39, 0.29) is 11.9 Å². The molecule has 1 amide bonds. The summed E-state index contributed by atoms with van der Waals surface area (Å²) < 4.78 is 3.23. The largest absolute Gasteiger partial charge is 0.341 e. The number of H-pyrrole nitrogens is 1. The van der Waals surface area contributed by atoms with Gasteiger partial charge in [-0.3, -0.25) is 9.36 Å². The molecule has 0 bridgehead atoms. The first-order valence-electron chi connectivity index (χ1n) is 7.12. The van der Waals surface area contributed by atoms with Crippen molar-refractivity contribution in [2.45, 2.75) is 32.2 Å². The molecule has 1 saturated heterocycles. The number of imidazole rings is 1. The van der Waals surface area contributed by atoms with Crippen molar-refractivity contribution in [2.75, 3.05) is 13.1 Å². The van der Waals surface area contributed by atoms with Crippen molar-refractivity contribution in [3.8, 4) is 0 Å². The van der Waals surface area contributed by atoms with Crippen LogP contribution in [-0.2, 0) is 4.79 Å². The van der Waals surface area contributed by atoms with Gasteiger partial charge in [-0.25, -0.2) is 4.98 Å². The maximum Gasteiger partial charge on any atom is 0.245 e. The Balaban J connectivity index is 1.97. The number of hydrogen-bond acceptors (Lipinski definition) is 3. The standard InChI is InChI=1S/C14H17BrN4OS/c1-9(13(20)18-5-3-2-4-6-18)19-12-11(17-14(19)21)7-10(15)8-16-12/h7-9H,2-6H2,1H3,(H,17,21). The number of nitrogens with one attached hydrogen (secondary N) is 1. The summed E-state index contributed by atoms with van der Waals surface area (Å²) in [5.74, 6) is 0.122. The molecule has 1 fully saturated rings. The van der Waals surface area contributed by atoms with Gasteiger partial charge in [0.05, 0.1) is 5.52 Å². The van der Waals surface area contributed by atoms with Crippen LogP contribution < -0.4 is 0 Å². The third-order valence-electron chi connectivity index (χ3n) is 3.93. The van der Waals surface area contributed by atoms with Crippen LogP contribution in [0.1, 0.15) is 32.2 Å². The Morgan fingerprint density at radius 3 is 2.86 bits per heavy atom. The normalized spacial score (nSPS) is 17.1. The van der Waals surface area contributed by atoms with Gasteiger partial charge in [-0.2, -0.15) is 0 Å². The lowest BCUT2D eigenvalue weighted by Gasteiger charge is -2.29. The van der Waals surface area contributed by atoms with Gasteiger partial charge in [0.25, 0.3) is 0 Å². The zero-order chi connectivity index (χ0) is 15.0. The van der Waals surface area contributed by atoms with Crippen molar-refractivity contribution in [1.82, 2.24) is 19.4 Å². The maximum atomic E-state index is 12.7. The number of nitrogens with zero attached hydrogens (tertiary/aromatic N) is 3. The predicted molar refractivity (Wildman–Crippen MR) is 87.8 cm³/mol. The van der Waals surface area contributed by atoms with Crippen LogP contribution in [0, 0.1) is 4.77 Å². The Morgan fingerprint density at radius 2 is 2.14 bits per heavy atom. The van der Waals surface area contributed by atoms with Gasteiger partial charge in [0.2, 0.25) is 5.91 Å². The van der Waals surface area contributed by atoms with E-state index in [0.717, 1.165) is 41.6 Å². The quantitative estimate of drug-likeness (QED) is 0.826. The van der Waals surface area contributed by atoms with Gasteiger partial charge in [-0.05, 0) is 60.4 Å². The Morgan fingerprint density at radius 1 is 1.43 bits per heavy atom. The fourth-order valence-electron chi connectivity index (χ4n) is 2.84. The Kier molecular flexibility index (Phi) is 4.12. The van der Waals surface area contributed by atoms with Crippen LogP contribution in [0.3, 0.4) is 0 Å². The molecule has 2 aromatic heterocycles. The first-order valence-corrected chi connectivity index (χ1v) is 8.32. The summed E-state index contributed by atoms with van der Waals surface area (Å²) in [6.45, 7) is 3.58. The number of carbonyl (C=O) groups excluding carboxylic acids is 1. The molecule has 1 unspecified atom stereocenters. The molecular weight excluding hydrogens is 352 g/mol. The lowest BCUT2D eigenvalue weighted by atomic mass is 10.1. The molecule has 1 aliphatic heterocycles. The summed E-state index contributed by atoms with van der Waals surface area (Å²) in [5, 5.41) is 0. The molecule has 1 atom stereocenters. The van der Waals surface area contributed by atoms with E-state index in [2.05, 4.69) is 25.9 Å². The minimum Gasteiger partial charge on any atom is -0.341 e. The fraction of sp³-hybridized carbons (Fsp3) is 0.500. The van der Waals surface area contributed by atoms with Gasteiger partial charge in [-0.15, -0.1) is 0 Å². The highest BCUT2D eigenvalue weighted by molar-refractivity contribution is 9.10. The van der Waals surface area contributed by atoms with E-state index >= 15 is 0 Å². The molecule has 2 aromatic rings. The molecule has 1 N–H and O–H groups in total. The monoisotopic (exact) mass is 368 g/mol. The van der Waals surface area contributed by atoms with Crippen LogP contribution in [0.15, 0.2) is 16.7 Å². The van der Waals surface area contributed by atoms with E-state index in [0.29, 0.717) is 4.77 Å². The number of likely N-dealkylation sites (tertiary alicyclic amines) is 1. The number of piperidine rings is 1. The number of hydrogen-bond donors (Lipinski definition) is 1. The average Bonchev–Trinajstić information content (AvgIpc) is 2.81. The first-order chi connectivity index (χ1) is 10.1. The van der Waals surface area contributed by atoms with Gasteiger partial charge in [0.1, 0.15) is 6.04 Å². The van der Waals surface area contributed by atoms with E-state index < -0.39 is 0 Å². The number of carbonyl (C=O) groups is 1. The smallest absolute Gasteiger partial charge is 0.245 e. The number of pyridine rings is 1. The minimum absolute atomic E-state index is 0.122. The molecule has 5 nitrogen and oxygen atoms in total. The summed E-state index contributed by atoms with van der Waals surface area (Å²) in [6.07, 6.45) is 5.10. The van der Waals surface area contributed by atoms with Crippen LogP contribution in [0.4, 0.5) is 0 Å². The summed E-state index contributed by atoms with van der Waals surface area (Å²) in [6, 6.07) is 1.59. The van der Waals surface area contributed by atoms with Crippen molar-refractivity contribution in [3.63, 3.8) is 0 Å². The van der Waals surface area contributed by atoms with E-state index in [9.17, 15) is 4.79 Å². The van der Waals surface area contributed by atoms with E-state index in [4.69, 9.17) is 12.2 Å². The van der Waals surface area contributed by atoms with Crippen molar-refractivity contribution in [3.05, 3.63) is 21.5 Å². The topological polar surface area (TPSA) is 53.9 Å². The lowest BCUT2D eigenvalue weighted by molar-refractivity contribution is -0.135. The maximum absolute atomic E-state index is 12.7. The molecule has 0 aromatic carbocycles. The second kappa shape index (κ2) is 5.88. The summed E-state index contributed by atoms with van der Waals surface area (Å²) in [5.41, 5.74) is 1.56. The third kappa shape index (κ3) is 2.76. The van der Waals surface area contributed by atoms with Gasteiger partial charge in [0, 0.05) is 23.8 Å². The zero-order valence-corrected chi connectivity index (χ0v) is 14.2. The third-order valence-corrected chi connectivity index (χ3v) is 4.67. The molecule has 0 saturated carbocycles. The van der Waals surface area contributed by atoms with Crippen LogP contribution in [0.2, 0.25) is 0 Å². The zero-order valence-electron chi connectivity index (χ0n) is 11.8. The van der Waals surface area contributed by atoms with Gasteiger partial charge < -0.3 is 9.88 Å². The summed E-state index contributed by atoms with van der Waals surface area (Å²) in [7, 11) is 0. The van der Waals surface area contributed by atoms with Crippen LogP contribution in [-0.4, -0.2) is 38.4 Å². The number of fused-ring (bicyclic) bond motifs is 1. The SMILES string of the molecule is CC(C(=O)N1CCCCC1)n1c(=S)[nH]c2cc(Br)cnc21. The van der Waals surface area contributed by atoms with Crippen LogP contribution in [0.5, 0.6) is 0 Å². The molecule has 3 heterocycles. The second-order valence-corrected chi connectivity index (χ2v) is 6.69. The Bertz CT molecular complexity index is 732. The molecular formula is C14H17BrN4OS. The van der Waals surface area contributed by atoms with Crippen LogP contribution >= 0.6 is 28.1 Å². The highest BCUT2D eigenvalue weighted by Gasteiger charge is 2.25. The number of aromatic amines is 1. The van der Waals surface area contributed by atoms with Crippen molar-refractivity contribution < 1.29 is 4.79 Å². The summed E-state index contributed by atoms with van der Waals surface area (Å²) >= 11 is 8.77. The molecule has 1 aliphatic rings. The van der Waals surface area contributed by atoms with Crippen molar-refractivity contribution >= 4 is 45.2 Å². The molecule has 0 radical (unpaired) electrons. The molecule has 112 valence electrons. The highest BCUT2D eigenvalue weighted by Crippen LogP contribution is 2.22. The molecule has 21 heavy (non-hydrogen) atoms. The van der Waals surface area contributed by atoms with E-state index in [1.54, 1.807) is 6.20 Å². The van der Waals surface area contributed by atoms with E-state index in [1.165, 1.54) is 6.42 Å². The lowest BCUT2D eigenvalue weighted by Crippen LogP contribution is -2.39. The minimum atomic E-state index is -0.335. The fourth-order valence-corrected chi connectivity index (χ4v) is 3.52. The summed E-state index contributed by atoms with van der Waals surface area (Å²) in [4.78, 5) is 22.1. The number of halogens is 1. The molecule has 0 aliphatic carbocycles.